The fourth-order valence-corrected chi connectivity index (χ4v) is 1.71. The molecular weight excluding hydrogens is 238 g/mol. The molecule has 17 heavy (non-hydrogen) atoms. The number of methoxy groups -OCH3 is 1. The van der Waals surface area contributed by atoms with Gasteiger partial charge in [0.1, 0.15) is 10.9 Å². The zero-order valence-electron chi connectivity index (χ0n) is 9.57. The Balaban J connectivity index is 2.52. The minimum Gasteiger partial charge on any atom is -0.497 e. The van der Waals surface area contributed by atoms with Gasteiger partial charge < -0.3 is 10.5 Å². The van der Waals surface area contributed by atoms with Crippen molar-refractivity contribution in [3.63, 3.8) is 0 Å². The number of rotatable bonds is 2. The van der Waals surface area contributed by atoms with Crippen molar-refractivity contribution in [1.82, 2.24) is 9.97 Å². The zero-order valence-corrected chi connectivity index (χ0v) is 10.3. The molecule has 0 fully saturated rings. The number of aromatic nitrogens is 2. The molecule has 2 aromatic rings. The summed E-state index contributed by atoms with van der Waals surface area (Å²) in [5.74, 6) is 0.964. The zero-order chi connectivity index (χ0) is 12.4. The van der Waals surface area contributed by atoms with Gasteiger partial charge >= 0.3 is 0 Å². The molecule has 0 unspecified atom stereocenters. The number of benzene rings is 1. The lowest BCUT2D eigenvalue weighted by Crippen LogP contribution is -2.00. The summed E-state index contributed by atoms with van der Waals surface area (Å²) < 4.78 is 5.10. The van der Waals surface area contributed by atoms with Crippen molar-refractivity contribution < 1.29 is 4.74 Å². The van der Waals surface area contributed by atoms with E-state index in [0.717, 1.165) is 22.6 Å². The molecule has 1 aromatic carbocycles. The highest BCUT2D eigenvalue weighted by Crippen LogP contribution is 2.27. The van der Waals surface area contributed by atoms with E-state index in [1.165, 1.54) is 0 Å². The van der Waals surface area contributed by atoms with Gasteiger partial charge in [0.25, 0.3) is 0 Å². The van der Waals surface area contributed by atoms with Crippen molar-refractivity contribution in [3.05, 3.63) is 35.0 Å². The Bertz CT molecular complexity index is 540. The summed E-state index contributed by atoms with van der Waals surface area (Å²) in [6, 6.07) is 7.54. The summed E-state index contributed by atoms with van der Waals surface area (Å²) in [5, 5.41) is 0.378. The topological polar surface area (TPSA) is 61.0 Å². The summed E-state index contributed by atoms with van der Waals surface area (Å²) in [6.07, 6.45) is 0. The molecule has 0 saturated carbocycles. The number of hydrogen-bond acceptors (Lipinski definition) is 4. The van der Waals surface area contributed by atoms with Crippen LogP contribution in [0.4, 0.5) is 5.95 Å². The Morgan fingerprint density at radius 1 is 1.18 bits per heavy atom. The van der Waals surface area contributed by atoms with E-state index in [4.69, 9.17) is 22.1 Å². The molecule has 0 amide bonds. The Labute approximate surface area is 104 Å². The van der Waals surface area contributed by atoms with Crippen LogP contribution in [0.1, 0.15) is 5.56 Å². The Hall–Kier alpha value is -1.81. The van der Waals surface area contributed by atoms with Crippen LogP contribution in [0.5, 0.6) is 5.75 Å². The molecule has 0 aliphatic heterocycles. The first-order chi connectivity index (χ1) is 8.11. The van der Waals surface area contributed by atoms with Crippen LogP contribution in [0.3, 0.4) is 0 Å². The van der Waals surface area contributed by atoms with Crippen molar-refractivity contribution >= 4 is 17.5 Å². The molecule has 0 aliphatic carbocycles. The molecule has 2 rings (SSSR count). The second-order valence-corrected chi connectivity index (χ2v) is 3.93. The highest BCUT2D eigenvalue weighted by atomic mass is 35.5. The third-order valence-electron chi connectivity index (χ3n) is 2.47. The van der Waals surface area contributed by atoms with E-state index in [1.54, 1.807) is 7.11 Å². The van der Waals surface area contributed by atoms with Gasteiger partial charge in [-0.2, -0.15) is 0 Å². The van der Waals surface area contributed by atoms with Gasteiger partial charge in [0.15, 0.2) is 0 Å². The first kappa shape index (κ1) is 11.7. The van der Waals surface area contributed by atoms with Crippen molar-refractivity contribution in [3.8, 4) is 17.0 Å². The third kappa shape index (κ3) is 2.31. The SMILES string of the molecule is COc1ccc(-c2nc(N)nc(Cl)c2C)cc1. The molecule has 0 saturated heterocycles. The quantitative estimate of drug-likeness (QED) is 0.832. The van der Waals surface area contributed by atoms with Gasteiger partial charge in [0.2, 0.25) is 5.95 Å². The van der Waals surface area contributed by atoms with Gasteiger partial charge in [-0.05, 0) is 31.2 Å². The molecule has 1 heterocycles. The number of anilines is 1. The average Bonchev–Trinajstić information content (AvgIpc) is 2.34. The minimum absolute atomic E-state index is 0.173. The second kappa shape index (κ2) is 4.59. The standard InChI is InChI=1S/C12H12ClN3O/c1-7-10(15-12(14)16-11(7)13)8-3-5-9(17-2)6-4-8/h3-6H,1-2H3,(H2,14,15,16). The van der Waals surface area contributed by atoms with E-state index in [-0.39, 0.29) is 5.95 Å². The van der Waals surface area contributed by atoms with Gasteiger partial charge in [0.05, 0.1) is 12.8 Å². The number of nitrogens with zero attached hydrogens (tertiary/aromatic N) is 2. The normalized spacial score (nSPS) is 10.3. The predicted molar refractivity (Wildman–Crippen MR) is 68.2 cm³/mol. The van der Waals surface area contributed by atoms with Crippen molar-refractivity contribution in [1.29, 1.82) is 0 Å². The first-order valence-corrected chi connectivity index (χ1v) is 5.43. The first-order valence-electron chi connectivity index (χ1n) is 5.06. The van der Waals surface area contributed by atoms with Crippen molar-refractivity contribution in [2.75, 3.05) is 12.8 Å². The molecule has 1 aromatic heterocycles. The number of nitrogen functional groups attached to an aromatic ring is 1. The van der Waals surface area contributed by atoms with Crippen LogP contribution in [0.15, 0.2) is 24.3 Å². The monoisotopic (exact) mass is 249 g/mol. The van der Waals surface area contributed by atoms with Crippen LogP contribution in [0, 0.1) is 6.92 Å². The molecule has 2 N–H and O–H groups in total. The molecule has 0 atom stereocenters. The summed E-state index contributed by atoms with van der Waals surface area (Å²) in [5.41, 5.74) is 8.07. The maximum atomic E-state index is 5.97. The fraction of sp³-hybridized carbons (Fsp3) is 0.167. The van der Waals surface area contributed by atoms with E-state index in [0.29, 0.717) is 5.15 Å². The van der Waals surface area contributed by atoms with Gasteiger partial charge in [-0.1, -0.05) is 11.6 Å². The van der Waals surface area contributed by atoms with Crippen LogP contribution < -0.4 is 10.5 Å². The maximum absolute atomic E-state index is 5.97. The highest BCUT2D eigenvalue weighted by Gasteiger charge is 2.09. The lowest BCUT2D eigenvalue weighted by atomic mass is 10.1. The average molecular weight is 250 g/mol. The molecule has 4 nitrogen and oxygen atoms in total. The molecule has 88 valence electrons. The van der Waals surface area contributed by atoms with E-state index < -0.39 is 0 Å². The van der Waals surface area contributed by atoms with E-state index in [1.807, 2.05) is 31.2 Å². The summed E-state index contributed by atoms with van der Waals surface area (Å²) >= 11 is 5.97. The van der Waals surface area contributed by atoms with Crippen LogP contribution >= 0.6 is 11.6 Å². The lowest BCUT2D eigenvalue weighted by molar-refractivity contribution is 0.415. The molecule has 0 spiro atoms. The number of hydrogen-bond donors (Lipinski definition) is 1. The van der Waals surface area contributed by atoms with Gasteiger partial charge in [-0.3, -0.25) is 0 Å². The highest BCUT2D eigenvalue weighted by molar-refractivity contribution is 6.30. The lowest BCUT2D eigenvalue weighted by Gasteiger charge is -2.08. The summed E-state index contributed by atoms with van der Waals surface area (Å²) in [6.45, 7) is 1.86. The van der Waals surface area contributed by atoms with E-state index in [9.17, 15) is 0 Å². The van der Waals surface area contributed by atoms with Crippen LogP contribution in [-0.4, -0.2) is 17.1 Å². The Morgan fingerprint density at radius 2 is 1.82 bits per heavy atom. The largest absolute Gasteiger partial charge is 0.497 e. The number of ether oxygens (including phenoxy) is 1. The van der Waals surface area contributed by atoms with Gasteiger partial charge in [0, 0.05) is 11.1 Å². The molecule has 5 heteroatoms. The van der Waals surface area contributed by atoms with Gasteiger partial charge in [-0.15, -0.1) is 0 Å². The van der Waals surface area contributed by atoms with Crippen LogP contribution in [0.25, 0.3) is 11.3 Å². The third-order valence-corrected chi connectivity index (χ3v) is 2.84. The maximum Gasteiger partial charge on any atom is 0.222 e. The Kier molecular flexibility index (Phi) is 3.15. The second-order valence-electron chi connectivity index (χ2n) is 3.57. The van der Waals surface area contributed by atoms with Crippen molar-refractivity contribution in [2.45, 2.75) is 6.92 Å². The van der Waals surface area contributed by atoms with E-state index in [2.05, 4.69) is 9.97 Å². The van der Waals surface area contributed by atoms with Crippen LogP contribution in [-0.2, 0) is 0 Å². The minimum atomic E-state index is 0.173. The fourth-order valence-electron chi connectivity index (χ4n) is 1.54. The predicted octanol–water partition coefficient (Wildman–Crippen LogP) is 2.70. The summed E-state index contributed by atoms with van der Waals surface area (Å²) in [7, 11) is 1.62. The smallest absolute Gasteiger partial charge is 0.222 e. The molecular formula is C12H12ClN3O. The molecule has 0 bridgehead atoms. The summed E-state index contributed by atoms with van der Waals surface area (Å²) in [4.78, 5) is 8.10. The number of nitrogens with two attached hydrogens (primary N) is 1. The number of halogens is 1. The van der Waals surface area contributed by atoms with E-state index >= 15 is 0 Å². The molecule has 0 aliphatic rings. The van der Waals surface area contributed by atoms with Crippen molar-refractivity contribution in [2.24, 2.45) is 0 Å². The van der Waals surface area contributed by atoms with Gasteiger partial charge in [-0.25, -0.2) is 9.97 Å². The Morgan fingerprint density at radius 3 is 2.41 bits per heavy atom. The van der Waals surface area contributed by atoms with Crippen LogP contribution in [0.2, 0.25) is 5.15 Å². The molecule has 0 radical (unpaired) electrons.